The van der Waals surface area contributed by atoms with E-state index in [4.69, 9.17) is 0 Å². The van der Waals surface area contributed by atoms with Crippen molar-refractivity contribution in [1.29, 1.82) is 0 Å². The predicted octanol–water partition coefficient (Wildman–Crippen LogP) is 6.10. The number of hydrogen-bond acceptors (Lipinski definition) is 3. The van der Waals surface area contributed by atoms with Gasteiger partial charge < -0.3 is 0 Å². The van der Waals surface area contributed by atoms with E-state index in [1.54, 1.807) is 0 Å². The van der Waals surface area contributed by atoms with Crippen LogP contribution in [0.25, 0.3) is 0 Å². The standard InChI is InChI=1S/C18H26N2S.C2H6/c1-3-10-15-17(4-2)21-18-12-7-6-11-16(18)20(15)19-13-8-5-9-14-19;1-2/h4,6-7,11-12,15H,3,5,8-10,13-14H2,1-2H3;1-2H3/b17-4+;. The summed E-state index contributed by atoms with van der Waals surface area (Å²) >= 11 is 1.97. The summed E-state index contributed by atoms with van der Waals surface area (Å²) in [5.74, 6) is 0. The second-order valence-electron chi connectivity index (χ2n) is 5.92. The number of benzene rings is 1. The number of hydrogen-bond donors (Lipinski definition) is 0. The van der Waals surface area contributed by atoms with Crippen molar-refractivity contribution in [3.05, 3.63) is 35.2 Å². The van der Waals surface area contributed by atoms with Gasteiger partial charge in [0.1, 0.15) is 0 Å². The van der Waals surface area contributed by atoms with Gasteiger partial charge in [0.2, 0.25) is 0 Å². The van der Waals surface area contributed by atoms with Crippen LogP contribution >= 0.6 is 11.8 Å². The molecule has 1 atom stereocenters. The lowest BCUT2D eigenvalue weighted by atomic mass is 10.1. The maximum absolute atomic E-state index is 2.61. The van der Waals surface area contributed by atoms with Crippen LogP contribution in [-0.2, 0) is 0 Å². The Morgan fingerprint density at radius 1 is 1.13 bits per heavy atom. The van der Waals surface area contributed by atoms with Gasteiger partial charge in [0, 0.05) is 22.9 Å². The second kappa shape index (κ2) is 9.39. The maximum atomic E-state index is 2.61. The van der Waals surface area contributed by atoms with E-state index >= 15 is 0 Å². The van der Waals surface area contributed by atoms with Crippen molar-refractivity contribution in [1.82, 2.24) is 5.01 Å². The fraction of sp³-hybridized carbons (Fsp3) is 0.600. The van der Waals surface area contributed by atoms with Crippen molar-refractivity contribution < 1.29 is 0 Å². The van der Waals surface area contributed by atoms with Crippen LogP contribution in [0.3, 0.4) is 0 Å². The molecule has 0 bridgehead atoms. The zero-order valence-corrected chi connectivity index (χ0v) is 16.0. The van der Waals surface area contributed by atoms with Crippen molar-refractivity contribution in [3.63, 3.8) is 0 Å². The Bertz CT molecular complexity index is 506. The minimum absolute atomic E-state index is 0.526. The molecule has 128 valence electrons. The fourth-order valence-corrected chi connectivity index (χ4v) is 4.59. The van der Waals surface area contributed by atoms with Crippen molar-refractivity contribution in [2.45, 2.75) is 70.7 Å². The molecule has 1 fully saturated rings. The van der Waals surface area contributed by atoms with Crippen LogP contribution in [0.4, 0.5) is 5.69 Å². The van der Waals surface area contributed by atoms with E-state index in [-0.39, 0.29) is 0 Å². The average Bonchev–Trinajstić information content (AvgIpc) is 2.63. The number of piperidine rings is 1. The first-order chi connectivity index (χ1) is 11.3. The molecule has 2 aliphatic heterocycles. The number of hydrazine groups is 1. The summed E-state index contributed by atoms with van der Waals surface area (Å²) in [6.45, 7) is 10.9. The largest absolute Gasteiger partial charge is 0.297 e. The Labute approximate surface area is 146 Å². The lowest BCUT2D eigenvalue weighted by Crippen LogP contribution is -2.53. The van der Waals surface area contributed by atoms with E-state index in [1.807, 2.05) is 25.6 Å². The molecule has 0 N–H and O–H groups in total. The molecule has 0 amide bonds. The van der Waals surface area contributed by atoms with Crippen LogP contribution in [0, 0.1) is 0 Å². The number of nitrogens with zero attached hydrogens (tertiary/aromatic N) is 2. The summed E-state index contributed by atoms with van der Waals surface area (Å²) in [7, 11) is 0. The minimum atomic E-state index is 0.526. The molecule has 23 heavy (non-hydrogen) atoms. The van der Waals surface area contributed by atoms with Crippen LogP contribution in [0.5, 0.6) is 0 Å². The molecule has 0 aromatic heterocycles. The van der Waals surface area contributed by atoms with Gasteiger partial charge in [-0.3, -0.25) is 5.01 Å². The molecule has 1 aromatic rings. The van der Waals surface area contributed by atoms with Gasteiger partial charge >= 0.3 is 0 Å². The SMILES string of the molecule is C/C=C1/Sc2ccccc2N(N2CCCCC2)C1CCC.CC. The number of thioether (sulfide) groups is 1. The Balaban J connectivity index is 0.000000924. The first-order valence-corrected chi connectivity index (χ1v) is 10.1. The highest BCUT2D eigenvalue weighted by Gasteiger charge is 2.33. The normalized spacial score (nSPS) is 23.2. The lowest BCUT2D eigenvalue weighted by molar-refractivity contribution is 0.190. The smallest absolute Gasteiger partial charge is 0.0766 e. The highest BCUT2D eigenvalue weighted by Crippen LogP contribution is 2.46. The number of anilines is 1. The number of allylic oxidation sites excluding steroid dienone is 1. The number of rotatable bonds is 3. The van der Waals surface area contributed by atoms with Gasteiger partial charge in [0.15, 0.2) is 0 Å². The van der Waals surface area contributed by atoms with Crippen molar-refractivity contribution in [2.75, 3.05) is 18.1 Å². The second-order valence-corrected chi connectivity index (χ2v) is 7.04. The highest BCUT2D eigenvalue weighted by atomic mass is 32.2. The van der Waals surface area contributed by atoms with Gasteiger partial charge in [0.05, 0.1) is 11.7 Å². The molecule has 1 saturated heterocycles. The average molecular weight is 333 g/mol. The van der Waals surface area contributed by atoms with E-state index in [1.165, 1.54) is 60.7 Å². The quantitative estimate of drug-likeness (QED) is 0.660. The molecule has 0 spiro atoms. The summed E-state index contributed by atoms with van der Waals surface area (Å²) in [5.41, 5.74) is 1.41. The zero-order chi connectivity index (χ0) is 16.7. The van der Waals surface area contributed by atoms with Crippen molar-refractivity contribution in [2.24, 2.45) is 0 Å². The first-order valence-electron chi connectivity index (χ1n) is 9.32. The van der Waals surface area contributed by atoms with E-state index in [0.717, 1.165) is 0 Å². The molecule has 0 saturated carbocycles. The summed E-state index contributed by atoms with van der Waals surface area (Å²) in [6, 6.07) is 9.43. The Hall–Kier alpha value is -0.930. The molecule has 2 aliphatic rings. The minimum Gasteiger partial charge on any atom is -0.297 e. The van der Waals surface area contributed by atoms with Crippen LogP contribution in [0.15, 0.2) is 40.1 Å². The van der Waals surface area contributed by atoms with Gasteiger partial charge in [-0.15, -0.1) is 0 Å². The molecule has 0 aliphatic carbocycles. The van der Waals surface area contributed by atoms with Gasteiger partial charge in [0.25, 0.3) is 0 Å². The molecule has 0 radical (unpaired) electrons. The molecule has 3 rings (SSSR count). The third kappa shape index (κ3) is 4.13. The summed E-state index contributed by atoms with van der Waals surface area (Å²) < 4.78 is 0. The summed E-state index contributed by atoms with van der Waals surface area (Å²) in [6.07, 6.45) is 8.83. The molecular weight excluding hydrogens is 300 g/mol. The molecular formula is C20H32N2S. The molecule has 3 heteroatoms. The Morgan fingerprint density at radius 3 is 2.48 bits per heavy atom. The Kier molecular flexibility index (Phi) is 7.51. The van der Waals surface area contributed by atoms with Crippen molar-refractivity contribution in [3.8, 4) is 0 Å². The van der Waals surface area contributed by atoms with Crippen LogP contribution < -0.4 is 5.01 Å². The molecule has 2 heterocycles. The van der Waals surface area contributed by atoms with Gasteiger partial charge in [-0.2, -0.15) is 0 Å². The highest BCUT2D eigenvalue weighted by molar-refractivity contribution is 8.03. The Morgan fingerprint density at radius 2 is 1.83 bits per heavy atom. The van der Waals surface area contributed by atoms with Gasteiger partial charge in [-0.05, 0) is 38.3 Å². The number of para-hydroxylation sites is 1. The lowest BCUT2D eigenvalue weighted by Gasteiger charge is -2.47. The molecule has 2 nitrogen and oxygen atoms in total. The van der Waals surface area contributed by atoms with Gasteiger partial charge in [-0.1, -0.05) is 63.6 Å². The topological polar surface area (TPSA) is 6.48 Å². The van der Waals surface area contributed by atoms with E-state index in [2.05, 4.69) is 54.2 Å². The van der Waals surface area contributed by atoms with Crippen LogP contribution in [0.1, 0.15) is 59.8 Å². The number of fused-ring (bicyclic) bond motifs is 1. The van der Waals surface area contributed by atoms with E-state index < -0.39 is 0 Å². The van der Waals surface area contributed by atoms with E-state index in [9.17, 15) is 0 Å². The van der Waals surface area contributed by atoms with E-state index in [0.29, 0.717) is 6.04 Å². The van der Waals surface area contributed by atoms with Crippen molar-refractivity contribution >= 4 is 17.4 Å². The third-order valence-electron chi connectivity index (χ3n) is 4.45. The monoisotopic (exact) mass is 332 g/mol. The zero-order valence-electron chi connectivity index (χ0n) is 15.2. The predicted molar refractivity (Wildman–Crippen MR) is 104 cm³/mol. The summed E-state index contributed by atoms with van der Waals surface area (Å²) in [5, 5.41) is 5.22. The fourth-order valence-electron chi connectivity index (χ4n) is 3.45. The summed E-state index contributed by atoms with van der Waals surface area (Å²) in [4.78, 5) is 2.92. The molecule has 1 unspecified atom stereocenters. The van der Waals surface area contributed by atoms with Gasteiger partial charge in [-0.25, -0.2) is 5.01 Å². The maximum Gasteiger partial charge on any atom is 0.0766 e. The van der Waals surface area contributed by atoms with Crippen LogP contribution in [-0.4, -0.2) is 24.1 Å². The molecule has 1 aromatic carbocycles. The third-order valence-corrected chi connectivity index (χ3v) is 5.76. The first kappa shape index (κ1) is 18.4. The van der Waals surface area contributed by atoms with Crippen LogP contribution in [0.2, 0.25) is 0 Å².